The fourth-order valence-corrected chi connectivity index (χ4v) is 3.24. The zero-order valence-electron chi connectivity index (χ0n) is 12.3. The van der Waals surface area contributed by atoms with Crippen LogP contribution in [0.25, 0.3) is 0 Å². The molecule has 3 rings (SSSR count). The van der Waals surface area contributed by atoms with Gasteiger partial charge in [0, 0.05) is 36.8 Å². The molecule has 0 aliphatic carbocycles. The maximum Gasteiger partial charge on any atom is 0.226 e. The fraction of sp³-hybridized carbons (Fsp3) is 0.438. The Morgan fingerprint density at radius 2 is 2.36 bits per heavy atom. The third-order valence-electron chi connectivity index (χ3n) is 3.55. The lowest BCUT2D eigenvalue weighted by atomic mass is 10.2. The molecule has 22 heavy (non-hydrogen) atoms. The summed E-state index contributed by atoms with van der Waals surface area (Å²) in [6.45, 7) is 1.41. The van der Waals surface area contributed by atoms with Crippen molar-refractivity contribution in [1.82, 2.24) is 15.3 Å². The second-order valence-corrected chi connectivity index (χ2v) is 6.29. The highest BCUT2D eigenvalue weighted by atomic mass is 32.1. The predicted octanol–water partition coefficient (Wildman–Crippen LogP) is 1.97. The van der Waals surface area contributed by atoms with Gasteiger partial charge in [-0.3, -0.25) is 9.78 Å². The first kappa shape index (κ1) is 15.1. The Labute approximate surface area is 133 Å². The molecule has 5 nitrogen and oxygen atoms in total. The van der Waals surface area contributed by atoms with Gasteiger partial charge in [-0.1, -0.05) is 6.07 Å². The lowest BCUT2D eigenvalue weighted by Gasteiger charge is -2.09. The largest absolute Gasteiger partial charge is 0.376 e. The molecule has 0 spiro atoms. The van der Waals surface area contributed by atoms with E-state index in [1.54, 1.807) is 17.5 Å². The van der Waals surface area contributed by atoms with Crippen molar-refractivity contribution in [2.75, 3.05) is 13.2 Å². The lowest BCUT2D eigenvalue weighted by Crippen LogP contribution is -2.32. The molecule has 1 N–H and O–H groups in total. The summed E-state index contributed by atoms with van der Waals surface area (Å²) in [5, 5.41) is 5.86. The van der Waals surface area contributed by atoms with Crippen LogP contribution >= 0.6 is 11.3 Å². The van der Waals surface area contributed by atoms with E-state index >= 15 is 0 Å². The van der Waals surface area contributed by atoms with E-state index in [0.717, 1.165) is 35.8 Å². The smallest absolute Gasteiger partial charge is 0.226 e. The van der Waals surface area contributed by atoms with Crippen LogP contribution in [0.15, 0.2) is 29.8 Å². The Morgan fingerprint density at radius 3 is 3.14 bits per heavy atom. The number of carbonyl (C=O) groups excluding carboxylic acids is 1. The van der Waals surface area contributed by atoms with Crippen molar-refractivity contribution >= 4 is 17.2 Å². The van der Waals surface area contributed by atoms with E-state index in [1.807, 2.05) is 23.6 Å². The molecule has 0 bridgehead atoms. The Morgan fingerprint density at radius 1 is 1.41 bits per heavy atom. The summed E-state index contributed by atoms with van der Waals surface area (Å²) in [5.74, 6) is 0.00480. The normalized spacial score (nSPS) is 17.5. The van der Waals surface area contributed by atoms with Crippen LogP contribution in [0.2, 0.25) is 0 Å². The van der Waals surface area contributed by atoms with E-state index in [4.69, 9.17) is 4.74 Å². The molecule has 2 aromatic rings. The number of nitrogens with one attached hydrogen (secondary N) is 1. The molecule has 0 unspecified atom stereocenters. The van der Waals surface area contributed by atoms with Gasteiger partial charge in [0.15, 0.2) is 0 Å². The summed E-state index contributed by atoms with van der Waals surface area (Å²) in [5.41, 5.74) is 1.81. The number of ether oxygens (including phenoxy) is 1. The van der Waals surface area contributed by atoms with Gasteiger partial charge in [-0.05, 0) is 25.0 Å². The van der Waals surface area contributed by atoms with Crippen LogP contribution in [0, 0.1) is 0 Å². The summed E-state index contributed by atoms with van der Waals surface area (Å²) in [7, 11) is 0. The van der Waals surface area contributed by atoms with Gasteiger partial charge in [-0.25, -0.2) is 4.98 Å². The van der Waals surface area contributed by atoms with Crippen LogP contribution in [0.3, 0.4) is 0 Å². The molecular formula is C16H19N3O2S. The Bertz CT molecular complexity index is 609. The van der Waals surface area contributed by atoms with Gasteiger partial charge < -0.3 is 10.1 Å². The standard InChI is InChI=1S/C16H19N3O2S/c20-15(18-10-14-5-3-7-21-14)8-13-11-22-16(19-13)9-12-4-1-2-6-17-12/h1-2,4,6,11,14H,3,5,7-10H2,(H,18,20)/t14-/m0/s1. The Kier molecular flexibility index (Phi) is 5.13. The molecular weight excluding hydrogens is 298 g/mol. The van der Waals surface area contributed by atoms with Gasteiger partial charge >= 0.3 is 0 Å². The molecule has 0 aromatic carbocycles. The van der Waals surface area contributed by atoms with E-state index in [2.05, 4.69) is 15.3 Å². The quantitative estimate of drug-likeness (QED) is 0.885. The molecule has 0 saturated carbocycles. The number of aromatic nitrogens is 2. The van der Waals surface area contributed by atoms with Crippen LogP contribution in [0.1, 0.15) is 29.2 Å². The van der Waals surface area contributed by atoms with E-state index in [0.29, 0.717) is 19.4 Å². The first-order chi connectivity index (χ1) is 10.8. The third-order valence-corrected chi connectivity index (χ3v) is 4.45. The highest BCUT2D eigenvalue weighted by molar-refractivity contribution is 7.09. The van der Waals surface area contributed by atoms with Crippen molar-refractivity contribution < 1.29 is 9.53 Å². The van der Waals surface area contributed by atoms with E-state index in [1.165, 1.54) is 0 Å². The first-order valence-corrected chi connectivity index (χ1v) is 8.39. The number of rotatable bonds is 6. The second kappa shape index (κ2) is 7.47. The summed E-state index contributed by atoms with van der Waals surface area (Å²) >= 11 is 1.57. The van der Waals surface area contributed by atoms with Gasteiger partial charge in [-0.2, -0.15) is 0 Å². The van der Waals surface area contributed by atoms with Gasteiger partial charge in [0.05, 0.1) is 23.2 Å². The SMILES string of the molecule is O=C(Cc1csc(Cc2ccccn2)n1)NC[C@@H]1CCCO1. The molecule has 1 saturated heterocycles. The summed E-state index contributed by atoms with van der Waals surface area (Å²) in [4.78, 5) is 20.7. The lowest BCUT2D eigenvalue weighted by molar-refractivity contribution is -0.121. The van der Waals surface area contributed by atoms with Crippen LogP contribution in [0.5, 0.6) is 0 Å². The molecule has 6 heteroatoms. The average Bonchev–Trinajstić information content (AvgIpc) is 3.18. The predicted molar refractivity (Wildman–Crippen MR) is 84.8 cm³/mol. The number of hydrogen-bond donors (Lipinski definition) is 1. The summed E-state index contributed by atoms with van der Waals surface area (Å²) in [6, 6.07) is 5.85. The topological polar surface area (TPSA) is 64.1 Å². The van der Waals surface area contributed by atoms with E-state index < -0.39 is 0 Å². The van der Waals surface area contributed by atoms with Crippen molar-refractivity contribution in [3.05, 3.63) is 46.2 Å². The van der Waals surface area contributed by atoms with E-state index in [-0.39, 0.29) is 12.0 Å². The molecule has 2 aromatic heterocycles. The Balaban J connectivity index is 1.47. The summed E-state index contributed by atoms with van der Waals surface area (Å²) < 4.78 is 5.49. The Hall–Kier alpha value is -1.79. The fourth-order valence-electron chi connectivity index (χ4n) is 2.43. The molecule has 0 radical (unpaired) electrons. The zero-order valence-corrected chi connectivity index (χ0v) is 13.1. The minimum absolute atomic E-state index is 0.00480. The molecule has 1 fully saturated rings. The third kappa shape index (κ3) is 4.35. The van der Waals surface area contributed by atoms with Crippen molar-refractivity contribution in [1.29, 1.82) is 0 Å². The number of pyridine rings is 1. The average molecular weight is 317 g/mol. The van der Waals surface area contributed by atoms with Crippen LogP contribution in [-0.4, -0.2) is 35.1 Å². The van der Waals surface area contributed by atoms with E-state index in [9.17, 15) is 4.79 Å². The minimum atomic E-state index is 0.00480. The maximum absolute atomic E-state index is 11.9. The monoisotopic (exact) mass is 317 g/mol. The molecule has 3 heterocycles. The van der Waals surface area contributed by atoms with Gasteiger partial charge in [0.2, 0.25) is 5.91 Å². The molecule has 1 aliphatic heterocycles. The molecule has 116 valence electrons. The van der Waals surface area contributed by atoms with Crippen LogP contribution in [-0.2, 0) is 22.4 Å². The molecule has 1 aliphatic rings. The number of nitrogens with zero attached hydrogens (tertiary/aromatic N) is 2. The number of thiazole rings is 1. The maximum atomic E-state index is 11.9. The van der Waals surface area contributed by atoms with Crippen LogP contribution in [0.4, 0.5) is 0 Å². The number of hydrogen-bond acceptors (Lipinski definition) is 5. The first-order valence-electron chi connectivity index (χ1n) is 7.51. The van der Waals surface area contributed by atoms with Crippen LogP contribution < -0.4 is 5.32 Å². The summed E-state index contributed by atoms with van der Waals surface area (Å²) in [6.07, 6.45) is 5.12. The second-order valence-electron chi connectivity index (χ2n) is 5.35. The number of amides is 1. The zero-order chi connectivity index (χ0) is 15.2. The highest BCUT2D eigenvalue weighted by Gasteiger charge is 2.16. The highest BCUT2D eigenvalue weighted by Crippen LogP contribution is 2.14. The molecule has 1 amide bonds. The minimum Gasteiger partial charge on any atom is -0.376 e. The molecule has 1 atom stereocenters. The van der Waals surface area contributed by atoms with Crippen molar-refractivity contribution in [3.8, 4) is 0 Å². The van der Waals surface area contributed by atoms with Gasteiger partial charge in [-0.15, -0.1) is 11.3 Å². The van der Waals surface area contributed by atoms with Crippen molar-refractivity contribution in [2.24, 2.45) is 0 Å². The van der Waals surface area contributed by atoms with Crippen molar-refractivity contribution in [2.45, 2.75) is 31.8 Å². The van der Waals surface area contributed by atoms with Crippen molar-refractivity contribution in [3.63, 3.8) is 0 Å². The van der Waals surface area contributed by atoms with Gasteiger partial charge in [0.1, 0.15) is 0 Å². The van der Waals surface area contributed by atoms with Gasteiger partial charge in [0.25, 0.3) is 0 Å². The number of carbonyl (C=O) groups is 1.